The third-order valence-corrected chi connectivity index (χ3v) is 6.15. The standard InChI is InChI=1S/C21H30N4O2S/c1-15-12-16(2)14-24(13-15)20(26)17(3)28-21-23-22-19(25(21)10-11-27-4)18-8-6-5-7-9-18/h5-9,15-17H,10-14H2,1-4H3/t15-,16-,17+/m0/s1. The summed E-state index contributed by atoms with van der Waals surface area (Å²) in [7, 11) is 1.68. The van der Waals surface area contributed by atoms with Crippen LogP contribution in [-0.2, 0) is 16.1 Å². The first kappa shape index (κ1) is 20.9. The Kier molecular flexibility index (Phi) is 7.13. The zero-order valence-corrected chi connectivity index (χ0v) is 18.0. The molecule has 0 saturated carbocycles. The van der Waals surface area contributed by atoms with E-state index in [9.17, 15) is 4.79 Å². The molecular formula is C21H30N4O2S. The largest absolute Gasteiger partial charge is 0.383 e. The Labute approximate surface area is 171 Å². The van der Waals surface area contributed by atoms with Crippen LogP contribution in [0.15, 0.2) is 35.5 Å². The number of hydrogen-bond acceptors (Lipinski definition) is 5. The molecule has 1 amide bonds. The Balaban J connectivity index is 1.77. The van der Waals surface area contributed by atoms with Gasteiger partial charge in [0.25, 0.3) is 0 Å². The summed E-state index contributed by atoms with van der Waals surface area (Å²) in [6, 6.07) is 10.0. The molecule has 2 heterocycles. The molecule has 1 aromatic heterocycles. The lowest BCUT2D eigenvalue weighted by Gasteiger charge is -2.36. The second kappa shape index (κ2) is 9.56. The fourth-order valence-corrected chi connectivity index (χ4v) is 4.83. The number of hydrogen-bond donors (Lipinski definition) is 0. The van der Waals surface area contributed by atoms with Crippen molar-refractivity contribution in [3.63, 3.8) is 0 Å². The van der Waals surface area contributed by atoms with Crippen molar-refractivity contribution in [1.82, 2.24) is 19.7 Å². The minimum absolute atomic E-state index is 0.186. The fourth-order valence-electron chi connectivity index (χ4n) is 3.87. The van der Waals surface area contributed by atoms with Crippen molar-refractivity contribution in [3.8, 4) is 11.4 Å². The summed E-state index contributed by atoms with van der Waals surface area (Å²) < 4.78 is 7.32. The predicted molar refractivity (Wildman–Crippen MR) is 112 cm³/mol. The quantitative estimate of drug-likeness (QED) is 0.663. The van der Waals surface area contributed by atoms with Gasteiger partial charge in [0.15, 0.2) is 11.0 Å². The van der Waals surface area contributed by atoms with Crippen molar-refractivity contribution < 1.29 is 9.53 Å². The van der Waals surface area contributed by atoms with Gasteiger partial charge >= 0.3 is 0 Å². The number of amides is 1. The molecule has 0 spiro atoms. The molecule has 152 valence electrons. The Morgan fingerprint density at radius 3 is 2.54 bits per heavy atom. The minimum atomic E-state index is -0.202. The highest BCUT2D eigenvalue weighted by Gasteiger charge is 2.29. The van der Waals surface area contributed by atoms with Crippen molar-refractivity contribution >= 4 is 17.7 Å². The first-order chi connectivity index (χ1) is 13.5. The highest BCUT2D eigenvalue weighted by Crippen LogP contribution is 2.29. The maximum absolute atomic E-state index is 13.0. The van der Waals surface area contributed by atoms with Crippen molar-refractivity contribution in [2.75, 3.05) is 26.8 Å². The van der Waals surface area contributed by atoms with E-state index in [0.29, 0.717) is 25.0 Å². The molecule has 1 fully saturated rings. The second-order valence-electron chi connectivity index (χ2n) is 7.77. The van der Waals surface area contributed by atoms with Crippen molar-refractivity contribution in [2.45, 2.75) is 44.1 Å². The van der Waals surface area contributed by atoms with Crippen LogP contribution in [0.3, 0.4) is 0 Å². The molecule has 1 aromatic carbocycles. The molecule has 2 aromatic rings. The maximum atomic E-state index is 13.0. The lowest BCUT2D eigenvalue weighted by molar-refractivity contribution is -0.132. The number of thioether (sulfide) groups is 1. The van der Waals surface area contributed by atoms with E-state index in [1.165, 1.54) is 18.2 Å². The molecule has 0 radical (unpaired) electrons. The summed E-state index contributed by atoms with van der Waals surface area (Å²) >= 11 is 1.48. The highest BCUT2D eigenvalue weighted by molar-refractivity contribution is 8.00. The number of ether oxygens (including phenoxy) is 1. The Morgan fingerprint density at radius 1 is 1.21 bits per heavy atom. The SMILES string of the molecule is COCCn1c(S[C@H](C)C(=O)N2C[C@@H](C)C[C@H](C)C2)nnc1-c1ccccc1. The summed E-state index contributed by atoms with van der Waals surface area (Å²) in [6.45, 7) is 9.32. The Bertz CT molecular complexity index is 770. The molecule has 7 heteroatoms. The molecule has 1 saturated heterocycles. The van der Waals surface area contributed by atoms with Crippen LogP contribution in [0.5, 0.6) is 0 Å². The molecular weight excluding hydrogens is 372 g/mol. The first-order valence-corrected chi connectivity index (χ1v) is 10.8. The van der Waals surface area contributed by atoms with Crippen LogP contribution in [0.4, 0.5) is 0 Å². The Morgan fingerprint density at radius 2 is 1.89 bits per heavy atom. The van der Waals surface area contributed by atoms with Crippen LogP contribution in [0.25, 0.3) is 11.4 Å². The van der Waals surface area contributed by atoms with E-state index in [0.717, 1.165) is 29.6 Å². The molecule has 1 aliphatic rings. The lowest BCUT2D eigenvalue weighted by Crippen LogP contribution is -2.45. The van der Waals surface area contributed by atoms with Crippen LogP contribution < -0.4 is 0 Å². The zero-order valence-electron chi connectivity index (χ0n) is 17.2. The Hall–Kier alpha value is -1.86. The van der Waals surface area contributed by atoms with E-state index in [-0.39, 0.29) is 11.2 Å². The number of methoxy groups -OCH3 is 1. The van der Waals surface area contributed by atoms with Gasteiger partial charge in [0, 0.05) is 25.8 Å². The molecule has 1 aliphatic heterocycles. The van der Waals surface area contributed by atoms with Crippen molar-refractivity contribution in [1.29, 1.82) is 0 Å². The van der Waals surface area contributed by atoms with E-state index in [1.54, 1.807) is 7.11 Å². The van der Waals surface area contributed by atoms with Gasteiger partial charge in [-0.05, 0) is 25.2 Å². The number of aromatic nitrogens is 3. The van der Waals surface area contributed by atoms with Crippen LogP contribution in [0.1, 0.15) is 27.2 Å². The highest BCUT2D eigenvalue weighted by atomic mass is 32.2. The van der Waals surface area contributed by atoms with Gasteiger partial charge in [0.1, 0.15) is 0 Å². The van der Waals surface area contributed by atoms with Gasteiger partial charge in [0.2, 0.25) is 5.91 Å². The molecule has 0 N–H and O–H groups in total. The lowest BCUT2D eigenvalue weighted by atomic mass is 9.92. The minimum Gasteiger partial charge on any atom is -0.383 e. The normalized spacial score (nSPS) is 20.9. The topological polar surface area (TPSA) is 60.2 Å². The van der Waals surface area contributed by atoms with Crippen LogP contribution in [0.2, 0.25) is 0 Å². The van der Waals surface area contributed by atoms with Gasteiger partial charge < -0.3 is 9.64 Å². The van der Waals surface area contributed by atoms with Crippen molar-refractivity contribution in [3.05, 3.63) is 30.3 Å². The molecule has 28 heavy (non-hydrogen) atoms. The summed E-state index contributed by atoms with van der Waals surface area (Å²) in [5.41, 5.74) is 1.01. The van der Waals surface area contributed by atoms with E-state index in [4.69, 9.17) is 4.74 Å². The van der Waals surface area contributed by atoms with E-state index >= 15 is 0 Å². The molecule has 0 bridgehead atoms. The van der Waals surface area contributed by atoms with Gasteiger partial charge in [-0.2, -0.15) is 0 Å². The molecule has 0 unspecified atom stereocenters. The van der Waals surface area contributed by atoms with E-state index in [2.05, 4.69) is 28.6 Å². The number of benzene rings is 1. The number of carbonyl (C=O) groups excluding carboxylic acids is 1. The van der Waals surface area contributed by atoms with Crippen LogP contribution >= 0.6 is 11.8 Å². The summed E-state index contributed by atoms with van der Waals surface area (Å²) in [4.78, 5) is 15.0. The third-order valence-electron chi connectivity index (χ3n) is 5.08. The van der Waals surface area contributed by atoms with E-state index < -0.39 is 0 Å². The van der Waals surface area contributed by atoms with Crippen LogP contribution in [0, 0.1) is 11.8 Å². The summed E-state index contributed by atoms with van der Waals surface area (Å²) in [5, 5.41) is 9.35. The molecule has 3 rings (SSSR count). The fraction of sp³-hybridized carbons (Fsp3) is 0.571. The zero-order chi connectivity index (χ0) is 20.1. The second-order valence-corrected chi connectivity index (χ2v) is 9.07. The van der Waals surface area contributed by atoms with Gasteiger partial charge in [-0.1, -0.05) is 55.9 Å². The molecule has 3 atom stereocenters. The number of nitrogens with zero attached hydrogens (tertiary/aromatic N) is 4. The third kappa shape index (κ3) is 4.94. The summed E-state index contributed by atoms with van der Waals surface area (Å²) in [5.74, 6) is 2.10. The van der Waals surface area contributed by atoms with Gasteiger partial charge in [0.05, 0.1) is 18.4 Å². The first-order valence-electron chi connectivity index (χ1n) is 9.92. The van der Waals surface area contributed by atoms with E-state index in [1.807, 2.05) is 42.2 Å². The number of carbonyl (C=O) groups is 1. The number of piperidine rings is 1. The number of likely N-dealkylation sites (tertiary alicyclic amines) is 1. The maximum Gasteiger partial charge on any atom is 0.235 e. The monoisotopic (exact) mass is 402 g/mol. The molecule has 6 nitrogen and oxygen atoms in total. The average molecular weight is 403 g/mol. The van der Waals surface area contributed by atoms with Crippen LogP contribution in [-0.4, -0.2) is 57.6 Å². The molecule has 0 aliphatic carbocycles. The summed E-state index contributed by atoms with van der Waals surface area (Å²) in [6.07, 6.45) is 1.19. The van der Waals surface area contributed by atoms with Gasteiger partial charge in [-0.15, -0.1) is 10.2 Å². The van der Waals surface area contributed by atoms with Gasteiger partial charge in [-0.3, -0.25) is 9.36 Å². The van der Waals surface area contributed by atoms with Gasteiger partial charge in [-0.25, -0.2) is 0 Å². The number of rotatable bonds is 7. The van der Waals surface area contributed by atoms with Crippen molar-refractivity contribution in [2.24, 2.45) is 11.8 Å². The smallest absolute Gasteiger partial charge is 0.235 e. The predicted octanol–water partition coefficient (Wildman–Crippen LogP) is 3.58. The average Bonchev–Trinajstić information content (AvgIpc) is 3.08.